The number of hydrogen-bond donors (Lipinski definition) is 1. The lowest BCUT2D eigenvalue weighted by molar-refractivity contribution is 0.106. The van der Waals surface area contributed by atoms with Crippen molar-refractivity contribution in [3.63, 3.8) is 0 Å². The number of anilines is 1. The van der Waals surface area contributed by atoms with Gasteiger partial charge in [-0.15, -0.1) is 0 Å². The van der Waals surface area contributed by atoms with E-state index in [4.69, 9.17) is 5.26 Å². The van der Waals surface area contributed by atoms with Crippen LogP contribution in [-0.4, -0.2) is 24.3 Å². The summed E-state index contributed by atoms with van der Waals surface area (Å²) in [6.07, 6.45) is 4.01. The molecule has 0 aliphatic heterocycles. The van der Waals surface area contributed by atoms with E-state index in [1.165, 1.54) is 6.42 Å². The number of hydrogen-bond acceptors (Lipinski definition) is 3. The number of rotatable bonds is 2. The van der Waals surface area contributed by atoms with Crippen LogP contribution in [0.2, 0.25) is 0 Å². The third-order valence-electron chi connectivity index (χ3n) is 3.60. The van der Waals surface area contributed by atoms with E-state index in [0.29, 0.717) is 5.56 Å². The molecule has 1 fully saturated rings. The SMILES string of the molecule is CN(c1ccc(C#N)cc1)C1CCCCC1O. The molecule has 2 rings (SSSR count). The summed E-state index contributed by atoms with van der Waals surface area (Å²) in [6.45, 7) is 0. The molecule has 0 bridgehead atoms. The van der Waals surface area contributed by atoms with Crippen LogP contribution in [0.1, 0.15) is 31.2 Å². The lowest BCUT2D eigenvalue weighted by atomic mass is 9.91. The maximum Gasteiger partial charge on any atom is 0.0991 e. The molecule has 0 saturated heterocycles. The van der Waals surface area contributed by atoms with Crippen LogP contribution in [0, 0.1) is 11.3 Å². The fourth-order valence-corrected chi connectivity index (χ4v) is 2.51. The largest absolute Gasteiger partial charge is 0.391 e. The monoisotopic (exact) mass is 230 g/mol. The first kappa shape index (κ1) is 11.9. The van der Waals surface area contributed by atoms with Crippen molar-refractivity contribution in [2.45, 2.75) is 37.8 Å². The highest BCUT2D eigenvalue weighted by Gasteiger charge is 2.26. The van der Waals surface area contributed by atoms with E-state index in [9.17, 15) is 5.11 Å². The molecular weight excluding hydrogens is 212 g/mol. The van der Waals surface area contributed by atoms with Crippen LogP contribution in [0.25, 0.3) is 0 Å². The fourth-order valence-electron chi connectivity index (χ4n) is 2.51. The molecule has 17 heavy (non-hydrogen) atoms. The van der Waals surface area contributed by atoms with Crippen LogP contribution in [0.15, 0.2) is 24.3 Å². The Morgan fingerprint density at radius 3 is 2.47 bits per heavy atom. The Balaban J connectivity index is 2.12. The van der Waals surface area contributed by atoms with Gasteiger partial charge < -0.3 is 10.0 Å². The zero-order valence-electron chi connectivity index (χ0n) is 10.1. The van der Waals surface area contributed by atoms with Crippen molar-refractivity contribution in [1.82, 2.24) is 0 Å². The molecule has 0 spiro atoms. The molecule has 0 radical (unpaired) electrons. The Labute approximate surface area is 102 Å². The number of likely N-dealkylation sites (N-methyl/N-ethyl adjacent to an activating group) is 1. The lowest BCUT2D eigenvalue weighted by Gasteiger charge is -2.36. The molecule has 1 aromatic carbocycles. The molecule has 0 aromatic heterocycles. The standard InChI is InChI=1S/C14H18N2O/c1-16(13-4-2-3-5-14(13)17)12-8-6-11(10-15)7-9-12/h6-9,13-14,17H,2-5H2,1H3. The van der Waals surface area contributed by atoms with Crippen molar-refractivity contribution < 1.29 is 5.11 Å². The average Bonchev–Trinajstić information content (AvgIpc) is 2.39. The van der Waals surface area contributed by atoms with Crippen LogP contribution in [0.5, 0.6) is 0 Å². The molecule has 1 aliphatic rings. The summed E-state index contributed by atoms with van der Waals surface area (Å²) in [6, 6.07) is 9.85. The third-order valence-corrected chi connectivity index (χ3v) is 3.60. The average molecular weight is 230 g/mol. The Kier molecular flexibility index (Phi) is 3.65. The van der Waals surface area contributed by atoms with E-state index in [2.05, 4.69) is 11.0 Å². The Morgan fingerprint density at radius 2 is 1.88 bits per heavy atom. The predicted molar refractivity (Wildman–Crippen MR) is 67.8 cm³/mol. The molecule has 3 nitrogen and oxygen atoms in total. The number of nitrogens with zero attached hydrogens (tertiary/aromatic N) is 2. The van der Waals surface area contributed by atoms with Crippen LogP contribution in [-0.2, 0) is 0 Å². The zero-order valence-corrected chi connectivity index (χ0v) is 10.1. The molecule has 0 heterocycles. The van der Waals surface area contributed by atoms with E-state index >= 15 is 0 Å². The molecule has 1 saturated carbocycles. The summed E-state index contributed by atoms with van der Waals surface area (Å²) in [7, 11) is 2.01. The van der Waals surface area contributed by atoms with Gasteiger partial charge in [0, 0.05) is 12.7 Å². The van der Waals surface area contributed by atoms with Crippen molar-refractivity contribution in [1.29, 1.82) is 5.26 Å². The highest BCUT2D eigenvalue weighted by Crippen LogP contribution is 2.26. The van der Waals surface area contributed by atoms with Crippen LogP contribution in [0.4, 0.5) is 5.69 Å². The molecule has 0 amide bonds. The number of benzene rings is 1. The molecule has 1 aromatic rings. The van der Waals surface area contributed by atoms with E-state index in [-0.39, 0.29) is 12.1 Å². The summed E-state index contributed by atoms with van der Waals surface area (Å²) >= 11 is 0. The van der Waals surface area contributed by atoms with Crippen molar-refractivity contribution in [3.8, 4) is 6.07 Å². The number of aliphatic hydroxyl groups excluding tert-OH is 1. The quantitative estimate of drug-likeness (QED) is 0.848. The first-order valence-corrected chi connectivity index (χ1v) is 6.13. The predicted octanol–water partition coefficient (Wildman–Crippen LogP) is 2.30. The van der Waals surface area contributed by atoms with Gasteiger partial charge in [-0.05, 0) is 37.1 Å². The topological polar surface area (TPSA) is 47.3 Å². The molecular formula is C14H18N2O. The van der Waals surface area contributed by atoms with Gasteiger partial charge in [0.25, 0.3) is 0 Å². The van der Waals surface area contributed by atoms with Gasteiger partial charge in [0.05, 0.1) is 23.8 Å². The van der Waals surface area contributed by atoms with Crippen molar-refractivity contribution >= 4 is 5.69 Å². The minimum atomic E-state index is -0.232. The van der Waals surface area contributed by atoms with Crippen LogP contribution < -0.4 is 4.90 Å². The van der Waals surface area contributed by atoms with Gasteiger partial charge in [-0.2, -0.15) is 5.26 Å². The Morgan fingerprint density at radius 1 is 1.24 bits per heavy atom. The highest BCUT2D eigenvalue weighted by molar-refractivity contribution is 5.50. The maximum atomic E-state index is 10.0. The Bertz CT molecular complexity index is 407. The van der Waals surface area contributed by atoms with Gasteiger partial charge in [-0.3, -0.25) is 0 Å². The minimum absolute atomic E-state index is 0.205. The number of nitriles is 1. The van der Waals surface area contributed by atoms with Crippen LogP contribution in [0.3, 0.4) is 0 Å². The molecule has 2 atom stereocenters. The summed E-state index contributed by atoms with van der Waals surface area (Å²) < 4.78 is 0. The second-order valence-corrected chi connectivity index (χ2v) is 4.69. The third kappa shape index (κ3) is 2.59. The Hall–Kier alpha value is -1.53. The van der Waals surface area contributed by atoms with Crippen molar-refractivity contribution in [2.75, 3.05) is 11.9 Å². The van der Waals surface area contributed by atoms with E-state index < -0.39 is 0 Å². The minimum Gasteiger partial charge on any atom is -0.391 e. The van der Waals surface area contributed by atoms with Gasteiger partial charge in [0.1, 0.15) is 0 Å². The van der Waals surface area contributed by atoms with Crippen molar-refractivity contribution in [3.05, 3.63) is 29.8 Å². The molecule has 2 unspecified atom stereocenters. The van der Waals surface area contributed by atoms with Gasteiger partial charge in [0.15, 0.2) is 0 Å². The first-order valence-electron chi connectivity index (χ1n) is 6.13. The van der Waals surface area contributed by atoms with Gasteiger partial charge in [-0.25, -0.2) is 0 Å². The second-order valence-electron chi connectivity index (χ2n) is 4.69. The van der Waals surface area contributed by atoms with E-state index in [1.807, 2.05) is 31.3 Å². The molecule has 90 valence electrons. The summed E-state index contributed by atoms with van der Waals surface area (Å²) in [5.41, 5.74) is 1.74. The van der Waals surface area contributed by atoms with Gasteiger partial charge in [0.2, 0.25) is 0 Å². The number of aliphatic hydroxyl groups is 1. The van der Waals surface area contributed by atoms with E-state index in [0.717, 1.165) is 24.9 Å². The molecule has 3 heteroatoms. The summed E-state index contributed by atoms with van der Waals surface area (Å²) in [5.74, 6) is 0. The fraction of sp³-hybridized carbons (Fsp3) is 0.500. The summed E-state index contributed by atoms with van der Waals surface area (Å²) in [5, 5.41) is 18.8. The smallest absolute Gasteiger partial charge is 0.0991 e. The maximum absolute atomic E-state index is 10.0. The second kappa shape index (κ2) is 5.20. The lowest BCUT2D eigenvalue weighted by Crippen LogP contribution is -2.43. The molecule has 1 aliphatic carbocycles. The summed E-state index contributed by atoms with van der Waals surface area (Å²) in [4.78, 5) is 2.13. The van der Waals surface area contributed by atoms with E-state index in [1.54, 1.807) is 0 Å². The van der Waals surface area contributed by atoms with Gasteiger partial charge >= 0.3 is 0 Å². The molecule has 1 N–H and O–H groups in total. The van der Waals surface area contributed by atoms with Crippen LogP contribution >= 0.6 is 0 Å². The first-order chi connectivity index (χ1) is 8.22. The highest BCUT2D eigenvalue weighted by atomic mass is 16.3. The zero-order chi connectivity index (χ0) is 12.3. The normalized spacial score (nSPS) is 24.1. The van der Waals surface area contributed by atoms with Crippen molar-refractivity contribution in [2.24, 2.45) is 0 Å². The van der Waals surface area contributed by atoms with Gasteiger partial charge in [-0.1, -0.05) is 12.8 Å².